The van der Waals surface area contributed by atoms with Gasteiger partial charge in [-0.1, -0.05) is 6.07 Å². The van der Waals surface area contributed by atoms with Gasteiger partial charge in [0.25, 0.3) is 5.56 Å². The lowest BCUT2D eigenvalue weighted by atomic mass is 10.1. The molecule has 0 bridgehead atoms. The van der Waals surface area contributed by atoms with Crippen LogP contribution >= 0.6 is 0 Å². The maximum atomic E-state index is 12.8. The third kappa shape index (κ3) is 2.32. The van der Waals surface area contributed by atoms with Crippen LogP contribution in [0.25, 0.3) is 39.1 Å². The molecule has 0 unspecified atom stereocenters. The largest absolute Gasteiger partial charge is 0.463 e. The number of nitrogens with two attached hydrogens (primary N) is 1. The Morgan fingerprint density at radius 2 is 1.93 bits per heavy atom. The topological polar surface area (TPSA) is 91.3 Å². The summed E-state index contributed by atoms with van der Waals surface area (Å²) in [5.41, 5.74) is 9.52. The minimum Gasteiger partial charge on any atom is -0.463 e. The Balaban J connectivity index is 1.82. The zero-order valence-corrected chi connectivity index (χ0v) is 14.5. The van der Waals surface area contributed by atoms with E-state index in [1.807, 2.05) is 42.5 Å². The van der Waals surface area contributed by atoms with Crippen molar-refractivity contribution in [3.05, 3.63) is 71.3 Å². The third-order valence-electron chi connectivity index (χ3n) is 4.69. The molecule has 5 rings (SSSR count). The maximum absolute atomic E-state index is 12.8. The molecule has 2 N–H and O–H groups in total. The Kier molecular flexibility index (Phi) is 3.17. The molecule has 27 heavy (non-hydrogen) atoms. The molecule has 0 amide bonds. The van der Waals surface area contributed by atoms with Crippen LogP contribution in [0.5, 0.6) is 0 Å². The van der Waals surface area contributed by atoms with Crippen molar-refractivity contribution in [2.24, 2.45) is 7.05 Å². The van der Waals surface area contributed by atoms with Crippen LogP contribution in [0.2, 0.25) is 0 Å². The van der Waals surface area contributed by atoms with E-state index in [4.69, 9.17) is 10.2 Å². The van der Waals surface area contributed by atoms with Crippen molar-refractivity contribution in [1.82, 2.24) is 19.2 Å². The summed E-state index contributed by atoms with van der Waals surface area (Å²) in [6.07, 6.45) is 3.31. The predicted molar refractivity (Wildman–Crippen MR) is 103 cm³/mol. The molecular formula is C20H15N5O2. The van der Waals surface area contributed by atoms with Gasteiger partial charge in [-0.15, -0.1) is 0 Å². The number of nitrogens with zero attached hydrogens (tertiary/aromatic N) is 4. The fourth-order valence-corrected chi connectivity index (χ4v) is 3.26. The standard InChI is InChI=1S/C20H15N5O2/c1-24-19-10-15(17-3-2-8-27-17)23-25(19)16-9-12(4-6-14(16)20(24)26)13-5-7-18(21)22-11-13/h2-11H,1H3,(H2,21,22). The average Bonchev–Trinajstić information content (AvgIpc) is 3.36. The first kappa shape index (κ1) is 15.4. The summed E-state index contributed by atoms with van der Waals surface area (Å²) in [4.78, 5) is 16.9. The van der Waals surface area contributed by atoms with Gasteiger partial charge in [-0.25, -0.2) is 9.50 Å². The van der Waals surface area contributed by atoms with Crippen molar-refractivity contribution in [1.29, 1.82) is 0 Å². The Morgan fingerprint density at radius 1 is 1.07 bits per heavy atom. The van der Waals surface area contributed by atoms with E-state index in [-0.39, 0.29) is 5.56 Å². The van der Waals surface area contributed by atoms with Crippen molar-refractivity contribution < 1.29 is 4.42 Å². The Labute approximate surface area is 153 Å². The lowest BCUT2D eigenvalue weighted by Gasteiger charge is -2.08. The number of furan rings is 1. The molecule has 0 aliphatic rings. The first-order valence-electron chi connectivity index (χ1n) is 8.40. The second-order valence-corrected chi connectivity index (χ2v) is 6.34. The van der Waals surface area contributed by atoms with E-state index in [1.54, 1.807) is 34.7 Å². The van der Waals surface area contributed by atoms with E-state index in [9.17, 15) is 4.79 Å². The molecule has 1 aromatic carbocycles. The van der Waals surface area contributed by atoms with E-state index in [0.29, 0.717) is 28.3 Å². The first-order valence-corrected chi connectivity index (χ1v) is 8.40. The van der Waals surface area contributed by atoms with Gasteiger partial charge in [0.1, 0.15) is 17.2 Å². The Hall–Kier alpha value is -3.87. The summed E-state index contributed by atoms with van der Waals surface area (Å²) in [6.45, 7) is 0. The van der Waals surface area contributed by atoms with Crippen molar-refractivity contribution in [3.8, 4) is 22.6 Å². The van der Waals surface area contributed by atoms with Crippen LogP contribution in [-0.4, -0.2) is 19.2 Å². The van der Waals surface area contributed by atoms with Crippen LogP contribution in [0.4, 0.5) is 5.82 Å². The lowest BCUT2D eigenvalue weighted by Crippen LogP contribution is -2.19. The molecule has 0 spiro atoms. The number of pyridine rings is 1. The van der Waals surface area contributed by atoms with Crippen LogP contribution in [0.3, 0.4) is 0 Å². The molecule has 0 saturated heterocycles. The Morgan fingerprint density at radius 3 is 2.67 bits per heavy atom. The van der Waals surface area contributed by atoms with E-state index < -0.39 is 0 Å². The fourth-order valence-electron chi connectivity index (χ4n) is 3.26. The summed E-state index contributed by atoms with van der Waals surface area (Å²) in [5.74, 6) is 1.11. The van der Waals surface area contributed by atoms with E-state index in [0.717, 1.165) is 16.6 Å². The van der Waals surface area contributed by atoms with E-state index in [2.05, 4.69) is 10.1 Å². The highest BCUT2D eigenvalue weighted by atomic mass is 16.3. The number of hydrogen-bond donors (Lipinski definition) is 1. The van der Waals surface area contributed by atoms with Crippen molar-refractivity contribution in [2.75, 3.05) is 5.73 Å². The minimum absolute atomic E-state index is 0.0784. The number of benzene rings is 1. The molecule has 0 aliphatic heterocycles. The second-order valence-electron chi connectivity index (χ2n) is 6.34. The molecule has 0 aliphatic carbocycles. The number of fused-ring (bicyclic) bond motifs is 3. The maximum Gasteiger partial charge on any atom is 0.261 e. The summed E-state index contributed by atoms with van der Waals surface area (Å²) < 4.78 is 8.81. The van der Waals surface area contributed by atoms with Gasteiger partial charge in [-0.2, -0.15) is 5.10 Å². The number of aryl methyl sites for hydroxylation is 1. The summed E-state index contributed by atoms with van der Waals surface area (Å²) in [7, 11) is 1.74. The van der Waals surface area contributed by atoms with Gasteiger partial charge >= 0.3 is 0 Å². The zero-order chi connectivity index (χ0) is 18.5. The third-order valence-corrected chi connectivity index (χ3v) is 4.69. The highest BCUT2D eigenvalue weighted by Crippen LogP contribution is 2.26. The van der Waals surface area contributed by atoms with Gasteiger partial charge < -0.3 is 10.2 Å². The molecule has 0 saturated carbocycles. The monoisotopic (exact) mass is 357 g/mol. The zero-order valence-electron chi connectivity index (χ0n) is 14.5. The number of hydrogen-bond acceptors (Lipinski definition) is 5. The molecule has 0 radical (unpaired) electrons. The molecule has 7 heteroatoms. The molecule has 0 atom stereocenters. The number of rotatable bonds is 2. The van der Waals surface area contributed by atoms with Crippen molar-refractivity contribution in [3.63, 3.8) is 0 Å². The van der Waals surface area contributed by atoms with Crippen molar-refractivity contribution in [2.45, 2.75) is 0 Å². The van der Waals surface area contributed by atoms with Crippen LogP contribution in [0, 0.1) is 0 Å². The van der Waals surface area contributed by atoms with Crippen LogP contribution in [-0.2, 0) is 7.05 Å². The Bertz CT molecular complexity index is 1350. The SMILES string of the molecule is Cn1c(=O)c2ccc(-c3ccc(N)nc3)cc2n2nc(-c3ccco3)cc12. The molecule has 4 aromatic heterocycles. The summed E-state index contributed by atoms with van der Waals surface area (Å²) in [6, 6.07) is 14.8. The first-order chi connectivity index (χ1) is 13.1. The van der Waals surface area contributed by atoms with Gasteiger partial charge in [0.2, 0.25) is 0 Å². The normalized spacial score (nSPS) is 11.4. The quantitative estimate of drug-likeness (QED) is 0.524. The minimum atomic E-state index is -0.0784. The highest BCUT2D eigenvalue weighted by molar-refractivity contribution is 5.86. The number of anilines is 1. The van der Waals surface area contributed by atoms with Gasteiger partial charge in [0, 0.05) is 24.9 Å². The van der Waals surface area contributed by atoms with Crippen LogP contribution in [0.1, 0.15) is 0 Å². The second kappa shape index (κ2) is 5.57. The summed E-state index contributed by atoms with van der Waals surface area (Å²) >= 11 is 0. The van der Waals surface area contributed by atoms with Crippen molar-refractivity contribution >= 4 is 22.4 Å². The molecule has 5 aromatic rings. The van der Waals surface area contributed by atoms with E-state index in [1.165, 1.54) is 0 Å². The molecular weight excluding hydrogens is 342 g/mol. The van der Waals surface area contributed by atoms with Crippen LogP contribution in [0.15, 0.2) is 70.2 Å². The average molecular weight is 357 g/mol. The number of aromatic nitrogens is 4. The lowest BCUT2D eigenvalue weighted by molar-refractivity contribution is 0.579. The number of nitrogen functional groups attached to an aromatic ring is 1. The molecule has 4 heterocycles. The van der Waals surface area contributed by atoms with Gasteiger partial charge in [0.05, 0.1) is 17.2 Å². The van der Waals surface area contributed by atoms with Gasteiger partial charge in [-0.05, 0) is 42.0 Å². The van der Waals surface area contributed by atoms with E-state index >= 15 is 0 Å². The fraction of sp³-hybridized carbons (Fsp3) is 0.0500. The smallest absolute Gasteiger partial charge is 0.261 e. The molecule has 0 fully saturated rings. The predicted octanol–water partition coefficient (Wildman–Crippen LogP) is 3.09. The highest BCUT2D eigenvalue weighted by Gasteiger charge is 2.14. The summed E-state index contributed by atoms with van der Waals surface area (Å²) in [5, 5.41) is 5.25. The molecule has 7 nitrogen and oxygen atoms in total. The molecule has 132 valence electrons. The van der Waals surface area contributed by atoms with Gasteiger partial charge in [0.15, 0.2) is 5.76 Å². The van der Waals surface area contributed by atoms with Gasteiger partial charge in [-0.3, -0.25) is 9.36 Å². The van der Waals surface area contributed by atoms with Crippen LogP contribution < -0.4 is 11.3 Å².